The van der Waals surface area contributed by atoms with Gasteiger partial charge in [0.25, 0.3) is 11.8 Å². The van der Waals surface area contributed by atoms with E-state index in [1.54, 1.807) is 36.0 Å². The van der Waals surface area contributed by atoms with Crippen molar-refractivity contribution in [3.63, 3.8) is 0 Å². The lowest BCUT2D eigenvalue weighted by molar-refractivity contribution is -0.142. The molecule has 0 bridgehead atoms. The maximum absolute atomic E-state index is 13.7. The van der Waals surface area contributed by atoms with Crippen LogP contribution in [0.1, 0.15) is 19.4 Å². The highest BCUT2D eigenvalue weighted by molar-refractivity contribution is 7.89. The van der Waals surface area contributed by atoms with Crippen molar-refractivity contribution in [1.82, 2.24) is 19.0 Å². The van der Waals surface area contributed by atoms with Gasteiger partial charge in [-0.2, -0.15) is 14.7 Å². The zero-order chi connectivity index (χ0) is 33.6. The fourth-order valence-electron chi connectivity index (χ4n) is 5.14. The van der Waals surface area contributed by atoms with Crippen LogP contribution < -0.4 is 0 Å². The molecule has 3 aromatic rings. The monoisotopic (exact) mass is 659 g/mol. The molecule has 2 aromatic carbocycles. The van der Waals surface area contributed by atoms with Crippen molar-refractivity contribution in [1.29, 1.82) is 5.26 Å². The van der Waals surface area contributed by atoms with Crippen LogP contribution >= 0.6 is 0 Å². The highest BCUT2D eigenvalue weighted by atomic mass is 32.2. The van der Waals surface area contributed by atoms with Crippen LogP contribution in [0.3, 0.4) is 0 Å². The van der Waals surface area contributed by atoms with E-state index in [-0.39, 0.29) is 61.1 Å². The third-order valence-electron chi connectivity index (χ3n) is 7.62. The molecule has 0 unspecified atom stereocenters. The van der Waals surface area contributed by atoms with E-state index in [4.69, 9.17) is 19.3 Å². The van der Waals surface area contributed by atoms with Crippen LogP contribution in [-0.2, 0) is 38.6 Å². The van der Waals surface area contributed by atoms with Crippen molar-refractivity contribution in [2.45, 2.75) is 18.7 Å². The summed E-state index contributed by atoms with van der Waals surface area (Å²) in [6.07, 6.45) is 3.30. The van der Waals surface area contributed by atoms with E-state index in [1.807, 2.05) is 36.4 Å². The Kier molecular flexibility index (Phi) is 10.4. The number of benzene rings is 2. The van der Waals surface area contributed by atoms with E-state index in [2.05, 4.69) is 0 Å². The highest BCUT2D eigenvalue weighted by Gasteiger charge is 2.35. The summed E-state index contributed by atoms with van der Waals surface area (Å²) in [7, 11) is -3.72. The molecule has 2 amide bonds. The van der Waals surface area contributed by atoms with Gasteiger partial charge in [0.2, 0.25) is 10.0 Å². The van der Waals surface area contributed by atoms with Crippen LogP contribution in [0, 0.1) is 11.3 Å². The molecule has 244 valence electrons. The number of ether oxygens (including phenoxy) is 3. The Bertz CT molecular complexity index is 1870. The second-order valence-electron chi connectivity index (χ2n) is 10.6. The third kappa shape index (κ3) is 7.39. The number of carbonyl (C=O) groups excluding carboxylic acids is 3. The van der Waals surface area contributed by atoms with Gasteiger partial charge in [-0.25, -0.2) is 13.1 Å². The van der Waals surface area contributed by atoms with Gasteiger partial charge in [-0.15, -0.1) is 0 Å². The lowest BCUT2D eigenvalue weighted by Crippen LogP contribution is -2.44. The van der Waals surface area contributed by atoms with E-state index < -0.39 is 27.8 Å². The highest BCUT2D eigenvalue weighted by Crippen LogP contribution is 2.32. The molecule has 14 heteroatoms. The van der Waals surface area contributed by atoms with Crippen molar-refractivity contribution >= 4 is 33.9 Å². The van der Waals surface area contributed by atoms with Gasteiger partial charge in [0.15, 0.2) is 0 Å². The van der Waals surface area contributed by atoms with E-state index >= 15 is 0 Å². The van der Waals surface area contributed by atoms with Crippen molar-refractivity contribution in [2.24, 2.45) is 0 Å². The Labute approximate surface area is 272 Å². The van der Waals surface area contributed by atoms with E-state index in [0.29, 0.717) is 30.0 Å². The number of rotatable bonds is 11. The Morgan fingerprint density at radius 1 is 1.02 bits per heavy atom. The molecule has 0 saturated carbocycles. The van der Waals surface area contributed by atoms with Crippen molar-refractivity contribution in [3.8, 4) is 23.0 Å². The lowest BCUT2D eigenvalue weighted by Gasteiger charge is -2.27. The molecule has 0 spiro atoms. The summed E-state index contributed by atoms with van der Waals surface area (Å²) in [5.41, 5.74) is 2.46. The third-order valence-corrected chi connectivity index (χ3v) is 9.53. The summed E-state index contributed by atoms with van der Waals surface area (Å²) >= 11 is 0. The SMILES string of the molecule is CC(=O)OCCOCCN1C(=O)C(C#N)=C(C)/C(=C\c2cn(-c3ccccc3)nc2-c2ccc(S(=O)(=O)N3CCOCC3)cc2)C1=O. The molecule has 0 aliphatic carbocycles. The van der Waals surface area contributed by atoms with Crippen LogP contribution in [0.4, 0.5) is 0 Å². The Morgan fingerprint density at radius 3 is 2.38 bits per heavy atom. The molecule has 1 fully saturated rings. The summed E-state index contributed by atoms with van der Waals surface area (Å²) in [4.78, 5) is 38.8. The number of nitrogens with zero attached hydrogens (tertiary/aromatic N) is 5. The summed E-state index contributed by atoms with van der Waals surface area (Å²) < 4.78 is 45.0. The predicted octanol–water partition coefficient (Wildman–Crippen LogP) is 2.73. The number of esters is 1. The molecule has 47 heavy (non-hydrogen) atoms. The fourth-order valence-corrected chi connectivity index (χ4v) is 6.55. The minimum atomic E-state index is -3.72. The number of aromatic nitrogens is 2. The molecule has 0 radical (unpaired) electrons. The number of carbonyl (C=O) groups is 3. The molecular formula is C33H33N5O8S. The topological polar surface area (TPSA) is 161 Å². The number of morpholine rings is 1. The summed E-state index contributed by atoms with van der Waals surface area (Å²) in [5, 5.41) is 14.6. The molecule has 13 nitrogen and oxygen atoms in total. The normalized spacial score (nSPS) is 16.9. The van der Waals surface area contributed by atoms with Crippen molar-refractivity contribution in [3.05, 3.63) is 83.1 Å². The minimum absolute atomic E-state index is 0.0269. The quantitative estimate of drug-likeness (QED) is 0.130. The first kappa shape index (κ1) is 33.4. The zero-order valence-corrected chi connectivity index (χ0v) is 26.7. The van der Waals surface area contributed by atoms with Gasteiger partial charge >= 0.3 is 5.97 Å². The maximum atomic E-state index is 13.7. The average Bonchev–Trinajstić information content (AvgIpc) is 3.51. The summed E-state index contributed by atoms with van der Waals surface area (Å²) in [6.45, 7) is 3.98. The fraction of sp³-hybridized carbons (Fsp3) is 0.303. The molecule has 1 aromatic heterocycles. The summed E-state index contributed by atoms with van der Waals surface area (Å²) in [6, 6.07) is 17.6. The van der Waals surface area contributed by atoms with E-state index in [1.165, 1.54) is 23.4 Å². The second-order valence-corrected chi connectivity index (χ2v) is 12.6. The first-order valence-corrected chi connectivity index (χ1v) is 16.3. The maximum Gasteiger partial charge on any atom is 0.302 e. The molecule has 5 rings (SSSR count). The first-order chi connectivity index (χ1) is 22.6. The van der Waals surface area contributed by atoms with Gasteiger partial charge in [-0.1, -0.05) is 30.3 Å². The number of hydrogen-bond donors (Lipinski definition) is 0. The lowest BCUT2D eigenvalue weighted by atomic mass is 9.93. The van der Waals surface area contributed by atoms with Gasteiger partial charge in [0, 0.05) is 42.9 Å². The van der Waals surface area contributed by atoms with Crippen LogP contribution in [0.15, 0.2) is 82.4 Å². The largest absolute Gasteiger partial charge is 0.463 e. The zero-order valence-electron chi connectivity index (χ0n) is 25.9. The predicted molar refractivity (Wildman–Crippen MR) is 169 cm³/mol. The Morgan fingerprint density at radius 2 is 1.72 bits per heavy atom. The van der Waals surface area contributed by atoms with E-state index in [9.17, 15) is 28.1 Å². The minimum Gasteiger partial charge on any atom is -0.463 e. The van der Waals surface area contributed by atoms with Crippen LogP contribution in [0.2, 0.25) is 0 Å². The number of sulfonamides is 1. The Hall–Kier alpha value is -4.94. The molecule has 0 N–H and O–H groups in total. The Balaban J connectivity index is 1.50. The molecule has 1 saturated heterocycles. The average molecular weight is 660 g/mol. The van der Waals surface area contributed by atoms with Gasteiger partial charge < -0.3 is 14.2 Å². The van der Waals surface area contributed by atoms with Crippen molar-refractivity contribution < 1.29 is 37.0 Å². The number of para-hydroxylation sites is 1. The van der Waals surface area contributed by atoms with Gasteiger partial charge in [-0.05, 0) is 42.8 Å². The number of imide groups is 1. The number of nitriles is 1. The smallest absolute Gasteiger partial charge is 0.302 e. The summed E-state index contributed by atoms with van der Waals surface area (Å²) in [5.74, 6) is -1.79. The van der Waals surface area contributed by atoms with Crippen LogP contribution in [0.25, 0.3) is 23.0 Å². The first-order valence-electron chi connectivity index (χ1n) is 14.9. The standard InChI is InChI=1S/C33H33N5O8S/c1-23-29(32(40)37(33(41)30(23)21-34)14-17-45-18-19-46-24(2)39)20-26-22-38(27-6-4-3-5-7-27)35-31(26)25-8-10-28(11-9-25)47(42,43)36-12-15-44-16-13-36/h3-11,20,22H,12-19H2,1-2H3/b29-20+. The van der Waals surface area contributed by atoms with Gasteiger partial charge in [0.1, 0.15) is 18.2 Å². The van der Waals surface area contributed by atoms with Gasteiger partial charge in [0.05, 0.1) is 49.2 Å². The van der Waals surface area contributed by atoms with E-state index in [0.717, 1.165) is 10.6 Å². The molecule has 2 aliphatic rings. The van der Waals surface area contributed by atoms with Gasteiger partial charge in [-0.3, -0.25) is 19.3 Å². The number of amides is 2. The van der Waals surface area contributed by atoms with Crippen LogP contribution in [0.5, 0.6) is 0 Å². The molecule has 3 heterocycles. The molecular weight excluding hydrogens is 626 g/mol. The van der Waals surface area contributed by atoms with Crippen LogP contribution in [-0.4, -0.2) is 97.9 Å². The molecule has 2 aliphatic heterocycles. The number of hydrogen-bond acceptors (Lipinski definition) is 10. The molecule has 0 atom stereocenters. The van der Waals surface area contributed by atoms with Crippen molar-refractivity contribution in [2.75, 3.05) is 52.7 Å². The second kappa shape index (κ2) is 14.7.